The lowest BCUT2D eigenvalue weighted by molar-refractivity contribution is 0.112. The number of nitrogens with one attached hydrogen (secondary N) is 1. The van der Waals surface area contributed by atoms with E-state index in [2.05, 4.69) is 36.3 Å². The molecule has 0 atom stereocenters. The van der Waals surface area contributed by atoms with Gasteiger partial charge in [-0.3, -0.25) is 9.78 Å². The number of aromatic nitrogens is 2. The molecule has 3 rings (SSSR count). The van der Waals surface area contributed by atoms with Gasteiger partial charge in [-0.15, -0.1) is 0 Å². The summed E-state index contributed by atoms with van der Waals surface area (Å²) in [6, 6.07) is 5.62. The summed E-state index contributed by atoms with van der Waals surface area (Å²) in [6.45, 7) is 1.94. The monoisotopic (exact) mass is 375 g/mol. The van der Waals surface area contributed by atoms with Crippen LogP contribution in [0.4, 0.5) is 11.5 Å². The van der Waals surface area contributed by atoms with Crippen LogP contribution in [0.1, 0.15) is 29.6 Å². The summed E-state index contributed by atoms with van der Waals surface area (Å²) >= 11 is 3.45. The molecule has 0 aliphatic carbocycles. The smallest absolute Gasteiger partial charge is 0.153 e. The lowest BCUT2D eigenvalue weighted by atomic mass is 10.2. The third kappa shape index (κ3) is 3.51. The van der Waals surface area contributed by atoms with Gasteiger partial charge in [-0.05, 0) is 47.0 Å². The average molecular weight is 376 g/mol. The number of nitrogens with zero attached hydrogens (tertiary/aromatic N) is 3. The van der Waals surface area contributed by atoms with Crippen molar-refractivity contribution in [2.75, 3.05) is 23.8 Å². The van der Waals surface area contributed by atoms with E-state index < -0.39 is 0 Å². The molecule has 6 nitrogen and oxygen atoms in total. The minimum atomic E-state index is 0.207. The third-order valence-electron chi connectivity index (χ3n) is 3.82. The Morgan fingerprint density at radius 2 is 2.17 bits per heavy atom. The molecular formula is C16H18BrN5O. The number of hydrogen-bond acceptors (Lipinski definition) is 6. The van der Waals surface area contributed by atoms with Crippen LogP contribution in [-0.4, -0.2) is 29.3 Å². The van der Waals surface area contributed by atoms with Crippen LogP contribution >= 0.6 is 15.9 Å². The molecule has 0 bridgehead atoms. The van der Waals surface area contributed by atoms with Gasteiger partial charge in [0, 0.05) is 23.8 Å². The first-order valence-corrected chi connectivity index (χ1v) is 8.37. The largest absolute Gasteiger partial charge is 0.383 e. The Hall–Kier alpha value is -1.99. The van der Waals surface area contributed by atoms with E-state index in [0.717, 1.165) is 25.2 Å². The lowest BCUT2D eigenvalue weighted by Gasteiger charge is -2.23. The van der Waals surface area contributed by atoms with Crippen molar-refractivity contribution in [2.45, 2.75) is 19.3 Å². The van der Waals surface area contributed by atoms with Crippen LogP contribution in [0.25, 0.3) is 11.4 Å². The molecule has 1 saturated heterocycles. The van der Waals surface area contributed by atoms with Crippen molar-refractivity contribution in [3.63, 3.8) is 0 Å². The molecule has 1 aliphatic rings. The predicted octanol–water partition coefficient (Wildman–Crippen LogP) is 2.80. The van der Waals surface area contributed by atoms with Gasteiger partial charge in [0.2, 0.25) is 0 Å². The first-order valence-electron chi connectivity index (χ1n) is 7.57. The van der Waals surface area contributed by atoms with Gasteiger partial charge in [0.1, 0.15) is 11.5 Å². The molecule has 7 heteroatoms. The van der Waals surface area contributed by atoms with Crippen molar-refractivity contribution in [1.29, 1.82) is 0 Å². The van der Waals surface area contributed by atoms with E-state index in [-0.39, 0.29) is 5.82 Å². The Kier molecular flexibility index (Phi) is 4.88. The SMILES string of the molecule is Nc1nc(-c2cc(N3CCCCCN3)ccn2)c(Br)cc1C=O. The normalized spacial score (nSPS) is 15.3. The maximum atomic E-state index is 10.9. The number of carbonyl (C=O) groups is 1. The van der Waals surface area contributed by atoms with E-state index in [4.69, 9.17) is 5.73 Å². The predicted molar refractivity (Wildman–Crippen MR) is 94.2 cm³/mol. The van der Waals surface area contributed by atoms with E-state index in [0.29, 0.717) is 27.7 Å². The van der Waals surface area contributed by atoms with Gasteiger partial charge in [0.05, 0.1) is 16.9 Å². The number of aldehydes is 1. The number of hydrazine groups is 1. The Labute approximate surface area is 143 Å². The zero-order chi connectivity index (χ0) is 16.2. The van der Waals surface area contributed by atoms with E-state index in [1.165, 1.54) is 12.8 Å². The zero-order valence-electron chi connectivity index (χ0n) is 12.6. The Balaban J connectivity index is 1.96. The molecule has 0 radical (unpaired) electrons. The quantitative estimate of drug-likeness (QED) is 0.802. The summed E-state index contributed by atoms with van der Waals surface area (Å²) in [7, 11) is 0. The van der Waals surface area contributed by atoms with Crippen LogP contribution in [0.3, 0.4) is 0 Å². The van der Waals surface area contributed by atoms with Gasteiger partial charge in [-0.25, -0.2) is 10.4 Å². The van der Waals surface area contributed by atoms with Gasteiger partial charge in [0.25, 0.3) is 0 Å². The lowest BCUT2D eigenvalue weighted by Crippen LogP contribution is -2.37. The molecule has 3 N–H and O–H groups in total. The average Bonchev–Trinajstić information content (AvgIpc) is 2.86. The second kappa shape index (κ2) is 7.06. The highest BCUT2D eigenvalue weighted by Gasteiger charge is 2.14. The fourth-order valence-corrected chi connectivity index (χ4v) is 3.13. The molecule has 1 fully saturated rings. The van der Waals surface area contributed by atoms with Crippen LogP contribution in [0.15, 0.2) is 28.9 Å². The van der Waals surface area contributed by atoms with Crippen LogP contribution < -0.4 is 16.2 Å². The molecule has 2 aromatic heterocycles. The summed E-state index contributed by atoms with van der Waals surface area (Å²) in [4.78, 5) is 19.7. The van der Waals surface area contributed by atoms with E-state index in [9.17, 15) is 4.79 Å². The van der Waals surface area contributed by atoms with Gasteiger partial charge >= 0.3 is 0 Å². The molecule has 1 aliphatic heterocycles. The van der Waals surface area contributed by atoms with Crippen molar-refractivity contribution < 1.29 is 4.79 Å². The molecule has 0 spiro atoms. The fourth-order valence-electron chi connectivity index (χ4n) is 2.59. The van der Waals surface area contributed by atoms with Crippen molar-refractivity contribution in [2.24, 2.45) is 0 Å². The molecule has 0 saturated carbocycles. The number of rotatable bonds is 3. The summed E-state index contributed by atoms with van der Waals surface area (Å²) < 4.78 is 0.697. The van der Waals surface area contributed by atoms with Crippen molar-refractivity contribution in [3.8, 4) is 11.4 Å². The standard InChI is InChI=1S/C16H18BrN5O/c17-13-8-11(10-23)16(18)21-15(13)14-9-12(4-6-19-14)22-7-3-1-2-5-20-22/h4,6,8-10,20H,1-3,5,7H2,(H2,18,21). The second-order valence-electron chi connectivity index (χ2n) is 5.43. The van der Waals surface area contributed by atoms with Crippen molar-refractivity contribution >= 4 is 33.7 Å². The number of carbonyl (C=O) groups excluding carboxylic acids is 1. The number of nitrogens with two attached hydrogens (primary N) is 1. The van der Waals surface area contributed by atoms with Crippen LogP contribution in [0, 0.1) is 0 Å². The maximum absolute atomic E-state index is 10.9. The van der Waals surface area contributed by atoms with Crippen LogP contribution in [-0.2, 0) is 0 Å². The summed E-state index contributed by atoms with van der Waals surface area (Å²) in [5.74, 6) is 0.207. The van der Waals surface area contributed by atoms with E-state index >= 15 is 0 Å². The molecule has 23 heavy (non-hydrogen) atoms. The molecule has 3 heterocycles. The van der Waals surface area contributed by atoms with Crippen molar-refractivity contribution in [1.82, 2.24) is 15.4 Å². The Morgan fingerprint density at radius 3 is 3.00 bits per heavy atom. The molecule has 120 valence electrons. The molecule has 0 amide bonds. The first kappa shape index (κ1) is 15.9. The second-order valence-corrected chi connectivity index (χ2v) is 6.29. The van der Waals surface area contributed by atoms with Crippen LogP contribution in [0.2, 0.25) is 0 Å². The van der Waals surface area contributed by atoms with E-state index in [1.54, 1.807) is 12.3 Å². The minimum Gasteiger partial charge on any atom is -0.383 e. The molecule has 2 aromatic rings. The highest BCUT2D eigenvalue weighted by Crippen LogP contribution is 2.29. The fraction of sp³-hybridized carbons (Fsp3) is 0.312. The van der Waals surface area contributed by atoms with Crippen LogP contribution in [0.5, 0.6) is 0 Å². The highest BCUT2D eigenvalue weighted by atomic mass is 79.9. The summed E-state index contributed by atoms with van der Waals surface area (Å²) in [6.07, 6.45) is 6.04. The highest BCUT2D eigenvalue weighted by molar-refractivity contribution is 9.10. The van der Waals surface area contributed by atoms with Gasteiger partial charge in [-0.1, -0.05) is 6.42 Å². The number of halogens is 1. The number of pyridine rings is 2. The minimum absolute atomic E-state index is 0.207. The van der Waals surface area contributed by atoms with Gasteiger partial charge in [-0.2, -0.15) is 0 Å². The topological polar surface area (TPSA) is 84.1 Å². The number of nitrogen functional groups attached to an aromatic ring is 1. The first-order chi connectivity index (χ1) is 11.2. The zero-order valence-corrected chi connectivity index (χ0v) is 14.2. The third-order valence-corrected chi connectivity index (χ3v) is 4.43. The number of anilines is 2. The van der Waals surface area contributed by atoms with Gasteiger partial charge < -0.3 is 10.7 Å². The van der Waals surface area contributed by atoms with Crippen molar-refractivity contribution in [3.05, 3.63) is 34.4 Å². The molecular weight excluding hydrogens is 358 g/mol. The molecule has 0 aromatic carbocycles. The Bertz CT molecular complexity index is 714. The molecule has 0 unspecified atom stereocenters. The number of hydrogen-bond donors (Lipinski definition) is 2. The summed E-state index contributed by atoms with van der Waals surface area (Å²) in [5.41, 5.74) is 12.0. The maximum Gasteiger partial charge on any atom is 0.153 e. The van der Waals surface area contributed by atoms with E-state index in [1.807, 2.05) is 12.1 Å². The summed E-state index contributed by atoms with van der Waals surface area (Å²) in [5, 5.41) is 2.15. The van der Waals surface area contributed by atoms with Gasteiger partial charge in [0.15, 0.2) is 6.29 Å². The Morgan fingerprint density at radius 1 is 1.30 bits per heavy atom.